The normalized spacial score (nSPS) is 25.3. The molecule has 4 heteroatoms. The Kier molecular flexibility index (Phi) is 4.68. The number of pyridine rings is 1. The van der Waals surface area contributed by atoms with Crippen LogP contribution in [0.25, 0.3) is 0 Å². The van der Waals surface area contributed by atoms with Gasteiger partial charge in [0.1, 0.15) is 0 Å². The lowest BCUT2D eigenvalue weighted by atomic mass is 10.1. The quantitative estimate of drug-likeness (QED) is 0.873. The van der Waals surface area contributed by atoms with Crippen LogP contribution in [0.2, 0.25) is 0 Å². The molecule has 0 aliphatic carbocycles. The molecule has 1 N–H and O–H groups in total. The summed E-state index contributed by atoms with van der Waals surface area (Å²) in [7, 11) is 0. The average Bonchev–Trinajstić information content (AvgIpc) is 2.54. The van der Waals surface area contributed by atoms with E-state index < -0.39 is 0 Å². The van der Waals surface area contributed by atoms with E-state index in [1.165, 1.54) is 5.56 Å². The lowest BCUT2D eigenvalue weighted by Gasteiger charge is -2.29. The molecule has 4 nitrogen and oxygen atoms in total. The third kappa shape index (κ3) is 3.52. The average molecular weight is 244 g/mol. The van der Waals surface area contributed by atoms with Crippen molar-refractivity contribution in [3.63, 3.8) is 0 Å². The largest absolute Gasteiger partial charge is 0.315 e. The predicted octanol–water partition coefficient (Wildman–Crippen LogP) is 1.41. The number of rotatable bonds is 3. The summed E-state index contributed by atoms with van der Waals surface area (Å²) >= 11 is 0. The fourth-order valence-electron chi connectivity index (χ4n) is 2.47. The summed E-state index contributed by atoms with van der Waals surface area (Å²) in [5.41, 5.74) is 1.22. The Morgan fingerprint density at radius 1 is 1.56 bits per heavy atom. The van der Waals surface area contributed by atoms with Crippen LogP contribution < -0.4 is 5.32 Å². The van der Waals surface area contributed by atoms with Gasteiger partial charge in [0.05, 0.1) is 12.5 Å². The van der Waals surface area contributed by atoms with Crippen LogP contribution in [0.1, 0.15) is 18.9 Å². The van der Waals surface area contributed by atoms with Crippen molar-refractivity contribution in [1.82, 2.24) is 15.2 Å². The number of nitrogens with zero attached hydrogens (tertiary/aromatic N) is 3. The molecule has 0 bridgehead atoms. The molecule has 18 heavy (non-hydrogen) atoms. The van der Waals surface area contributed by atoms with Gasteiger partial charge < -0.3 is 5.32 Å². The highest BCUT2D eigenvalue weighted by Crippen LogP contribution is 2.14. The third-order valence-corrected chi connectivity index (χ3v) is 3.37. The van der Waals surface area contributed by atoms with Crippen molar-refractivity contribution in [2.45, 2.75) is 25.9 Å². The van der Waals surface area contributed by atoms with Gasteiger partial charge in [-0.2, -0.15) is 5.26 Å². The summed E-state index contributed by atoms with van der Waals surface area (Å²) in [6.45, 7) is 6.10. The lowest BCUT2D eigenvalue weighted by Crippen LogP contribution is -2.39. The van der Waals surface area contributed by atoms with Gasteiger partial charge in [-0.25, -0.2) is 0 Å². The first kappa shape index (κ1) is 13.0. The third-order valence-electron chi connectivity index (χ3n) is 3.37. The zero-order valence-corrected chi connectivity index (χ0v) is 10.8. The van der Waals surface area contributed by atoms with E-state index in [0.29, 0.717) is 18.4 Å². The molecule has 1 aromatic heterocycles. The molecular formula is C14H20N4. The Morgan fingerprint density at radius 3 is 3.17 bits per heavy atom. The van der Waals surface area contributed by atoms with Gasteiger partial charge in [0.25, 0.3) is 0 Å². The molecule has 0 saturated carbocycles. The van der Waals surface area contributed by atoms with Gasteiger partial charge in [-0.3, -0.25) is 9.88 Å². The Hall–Kier alpha value is -1.44. The summed E-state index contributed by atoms with van der Waals surface area (Å²) in [4.78, 5) is 6.56. The molecule has 1 aromatic rings. The number of nitriles is 1. The molecule has 0 spiro atoms. The van der Waals surface area contributed by atoms with E-state index in [-0.39, 0.29) is 0 Å². The molecule has 96 valence electrons. The van der Waals surface area contributed by atoms with E-state index >= 15 is 0 Å². The molecule has 2 rings (SSSR count). The summed E-state index contributed by atoms with van der Waals surface area (Å²) in [6.07, 6.45) is 4.29. The first-order chi connectivity index (χ1) is 8.79. The first-order valence-corrected chi connectivity index (χ1v) is 6.50. The standard InChI is InChI=1S/C14H20N4/c1-12-7-17-9-14(4-5-15)18(10-12)11-13-3-2-6-16-8-13/h2-3,6,8,12,14,17H,4,7,9-11H2,1H3. The van der Waals surface area contributed by atoms with Gasteiger partial charge in [-0.05, 0) is 24.1 Å². The highest BCUT2D eigenvalue weighted by molar-refractivity contribution is 5.09. The molecule has 1 fully saturated rings. The van der Waals surface area contributed by atoms with Crippen LogP contribution in [0.4, 0.5) is 0 Å². The Labute approximate surface area is 109 Å². The van der Waals surface area contributed by atoms with Crippen molar-refractivity contribution in [2.24, 2.45) is 5.92 Å². The molecule has 1 saturated heterocycles. The fourth-order valence-corrected chi connectivity index (χ4v) is 2.47. The molecule has 0 amide bonds. The van der Waals surface area contributed by atoms with E-state index in [9.17, 15) is 0 Å². The Bertz CT molecular complexity index is 398. The van der Waals surface area contributed by atoms with Crippen LogP contribution >= 0.6 is 0 Å². The van der Waals surface area contributed by atoms with Crippen molar-refractivity contribution >= 4 is 0 Å². The second kappa shape index (κ2) is 6.48. The van der Waals surface area contributed by atoms with Gasteiger partial charge in [0.15, 0.2) is 0 Å². The molecule has 2 unspecified atom stereocenters. The van der Waals surface area contributed by atoms with E-state index in [1.54, 1.807) is 6.20 Å². The molecule has 2 atom stereocenters. The fraction of sp³-hybridized carbons (Fsp3) is 0.571. The minimum absolute atomic E-state index is 0.306. The second-order valence-corrected chi connectivity index (χ2v) is 5.07. The van der Waals surface area contributed by atoms with Crippen molar-refractivity contribution in [1.29, 1.82) is 5.26 Å². The maximum Gasteiger partial charge on any atom is 0.0638 e. The minimum atomic E-state index is 0.306. The van der Waals surface area contributed by atoms with Crippen molar-refractivity contribution in [3.8, 4) is 6.07 Å². The summed E-state index contributed by atoms with van der Waals surface area (Å²) in [6, 6.07) is 6.67. The van der Waals surface area contributed by atoms with Gasteiger partial charge in [0.2, 0.25) is 0 Å². The van der Waals surface area contributed by atoms with E-state index in [4.69, 9.17) is 5.26 Å². The highest BCUT2D eigenvalue weighted by Gasteiger charge is 2.23. The van der Waals surface area contributed by atoms with Crippen LogP contribution in [0.3, 0.4) is 0 Å². The second-order valence-electron chi connectivity index (χ2n) is 5.07. The molecule has 1 aliphatic heterocycles. The first-order valence-electron chi connectivity index (χ1n) is 6.50. The minimum Gasteiger partial charge on any atom is -0.315 e. The number of aromatic nitrogens is 1. The summed E-state index contributed by atoms with van der Waals surface area (Å²) in [5, 5.41) is 12.4. The monoisotopic (exact) mass is 244 g/mol. The molecular weight excluding hydrogens is 224 g/mol. The van der Waals surface area contributed by atoms with Gasteiger partial charge >= 0.3 is 0 Å². The van der Waals surface area contributed by atoms with Gasteiger partial charge in [0, 0.05) is 38.1 Å². The van der Waals surface area contributed by atoms with Crippen LogP contribution in [0.15, 0.2) is 24.5 Å². The molecule has 1 aliphatic rings. The van der Waals surface area contributed by atoms with E-state index in [2.05, 4.69) is 34.3 Å². The number of nitrogens with one attached hydrogen (secondary N) is 1. The van der Waals surface area contributed by atoms with Crippen molar-refractivity contribution in [2.75, 3.05) is 19.6 Å². The van der Waals surface area contributed by atoms with Gasteiger partial charge in [-0.1, -0.05) is 13.0 Å². The van der Waals surface area contributed by atoms with E-state index in [0.717, 1.165) is 26.2 Å². The van der Waals surface area contributed by atoms with Crippen molar-refractivity contribution in [3.05, 3.63) is 30.1 Å². The maximum absolute atomic E-state index is 8.94. The van der Waals surface area contributed by atoms with Crippen LogP contribution in [-0.4, -0.2) is 35.6 Å². The SMILES string of the molecule is CC1CNCC(CC#N)N(Cc2cccnc2)C1. The van der Waals surface area contributed by atoms with Crippen LogP contribution in [0.5, 0.6) is 0 Å². The number of hydrogen-bond donors (Lipinski definition) is 1. The molecule has 0 aromatic carbocycles. The smallest absolute Gasteiger partial charge is 0.0638 e. The molecule has 2 heterocycles. The summed E-state index contributed by atoms with van der Waals surface area (Å²) in [5.74, 6) is 0.616. The predicted molar refractivity (Wildman–Crippen MR) is 70.7 cm³/mol. The zero-order chi connectivity index (χ0) is 12.8. The van der Waals surface area contributed by atoms with Crippen molar-refractivity contribution < 1.29 is 0 Å². The zero-order valence-electron chi connectivity index (χ0n) is 10.8. The Morgan fingerprint density at radius 2 is 2.44 bits per heavy atom. The topological polar surface area (TPSA) is 52.0 Å². The molecule has 0 radical (unpaired) electrons. The number of hydrogen-bond acceptors (Lipinski definition) is 4. The maximum atomic E-state index is 8.94. The van der Waals surface area contributed by atoms with Crippen LogP contribution in [-0.2, 0) is 6.54 Å². The Balaban J connectivity index is 2.07. The van der Waals surface area contributed by atoms with E-state index in [1.807, 2.05) is 12.3 Å². The van der Waals surface area contributed by atoms with Gasteiger partial charge in [-0.15, -0.1) is 0 Å². The lowest BCUT2D eigenvalue weighted by molar-refractivity contribution is 0.185. The highest BCUT2D eigenvalue weighted by atomic mass is 15.2. The summed E-state index contributed by atoms with van der Waals surface area (Å²) < 4.78 is 0. The van der Waals surface area contributed by atoms with Crippen LogP contribution in [0, 0.1) is 17.2 Å².